The van der Waals surface area contributed by atoms with Crippen LogP contribution in [0.15, 0.2) is 34.9 Å². The predicted octanol–water partition coefficient (Wildman–Crippen LogP) is 3.97. The average Bonchev–Trinajstić information content (AvgIpc) is 3.15. The van der Waals surface area contributed by atoms with E-state index in [1.807, 2.05) is 13.0 Å². The van der Waals surface area contributed by atoms with Crippen molar-refractivity contribution in [3.05, 3.63) is 47.1 Å². The Kier molecular flexibility index (Phi) is 10.5. The summed E-state index contributed by atoms with van der Waals surface area (Å²) in [5.41, 5.74) is 2.97. The van der Waals surface area contributed by atoms with Gasteiger partial charge in [0.25, 0.3) is 0 Å². The number of Topliss-reactive ketones (excluding diaryl/α,β-unsaturated/α-hetero) is 1. The molecule has 0 aromatic heterocycles. The van der Waals surface area contributed by atoms with E-state index < -0.39 is 5.97 Å². The molecule has 0 aromatic rings. The van der Waals surface area contributed by atoms with E-state index in [1.165, 1.54) is 5.57 Å². The van der Waals surface area contributed by atoms with Crippen LogP contribution in [0, 0.1) is 12.2 Å². The Bertz CT molecular complexity index is 510. The number of carboxylic acid groups (broad SMARTS) is 1. The largest absolute Gasteiger partial charge is 2.00 e. The Hall–Kier alpha value is -1.38. The van der Waals surface area contributed by atoms with Crippen LogP contribution < -0.4 is 0 Å². The summed E-state index contributed by atoms with van der Waals surface area (Å²) in [4.78, 5) is 21.8. The Balaban J connectivity index is 0.000000465. The number of allylic oxidation sites excluding steroid dienone is 8. The zero-order chi connectivity index (χ0) is 15.7. The maximum absolute atomic E-state index is 11.5. The number of hydrogen-bond donors (Lipinski definition) is 1. The summed E-state index contributed by atoms with van der Waals surface area (Å²) < 4.78 is 0. The van der Waals surface area contributed by atoms with Gasteiger partial charge in [-0.2, -0.15) is 12.2 Å². The molecule has 0 heterocycles. The number of ketones is 1. The molecule has 0 radical (unpaired) electrons. The van der Waals surface area contributed by atoms with E-state index in [-0.39, 0.29) is 35.7 Å². The van der Waals surface area contributed by atoms with E-state index in [0.29, 0.717) is 12.0 Å². The summed E-state index contributed by atoms with van der Waals surface area (Å²) in [6, 6.07) is 0. The van der Waals surface area contributed by atoms with Crippen LogP contribution in [0.2, 0.25) is 0 Å². The third kappa shape index (κ3) is 7.06. The molecule has 22 heavy (non-hydrogen) atoms. The molecule has 0 atom stereocenters. The minimum atomic E-state index is -0.928. The molecule has 0 aromatic carbocycles. The van der Waals surface area contributed by atoms with Gasteiger partial charge in [-0.25, -0.2) is 17.2 Å². The van der Waals surface area contributed by atoms with Gasteiger partial charge in [0, 0.05) is 6.42 Å². The molecule has 120 valence electrons. The van der Waals surface area contributed by atoms with Crippen molar-refractivity contribution in [2.24, 2.45) is 0 Å². The smallest absolute Gasteiger partial charge is 0.481 e. The van der Waals surface area contributed by atoms with Crippen molar-refractivity contribution in [1.29, 1.82) is 0 Å². The van der Waals surface area contributed by atoms with E-state index in [2.05, 4.69) is 31.2 Å². The van der Waals surface area contributed by atoms with Crippen molar-refractivity contribution in [3.63, 3.8) is 0 Å². The second-order valence-electron chi connectivity index (χ2n) is 4.81. The standard InChI is InChI=1S/C11H13O3.C7H9.Fe/c1-2-8-4-3-5-9(8)10(12)6-7-11(13)14;1-2-7-5-3-4-6-7;/h5H,2-3,6-7H2,1H3,(H,13,14);3,5H,2,4H2,1H3;/q2*-1;+2. The van der Waals surface area contributed by atoms with Gasteiger partial charge in [-0.05, 0) is 0 Å². The fraction of sp³-hybridized carbons (Fsp3) is 0.444. The molecule has 4 heteroatoms. The molecular formula is C18H22FeO3. The fourth-order valence-corrected chi connectivity index (χ4v) is 2.14. The average molecular weight is 342 g/mol. The summed E-state index contributed by atoms with van der Waals surface area (Å²) in [5.74, 6) is -1.00. The van der Waals surface area contributed by atoms with Crippen LogP contribution in [0.25, 0.3) is 0 Å². The van der Waals surface area contributed by atoms with Crippen LogP contribution in [0.4, 0.5) is 0 Å². The van der Waals surface area contributed by atoms with Gasteiger partial charge in [0.05, 0.1) is 12.2 Å². The summed E-state index contributed by atoms with van der Waals surface area (Å²) in [6.07, 6.45) is 16.0. The first-order valence-electron chi connectivity index (χ1n) is 7.39. The molecule has 0 aliphatic heterocycles. The van der Waals surface area contributed by atoms with Crippen molar-refractivity contribution in [1.82, 2.24) is 0 Å². The molecule has 0 spiro atoms. The van der Waals surface area contributed by atoms with Crippen LogP contribution >= 0.6 is 0 Å². The second-order valence-corrected chi connectivity index (χ2v) is 4.81. The number of carbonyl (C=O) groups excluding carboxylic acids is 1. The molecule has 0 amide bonds. The Labute approximate surface area is 143 Å². The van der Waals surface area contributed by atoms with Gasteiger partial charge in [0.1, 0.15) is 0 Å². The van der Waals surface area contributed by atoms with Crippen LogP contribution in [0.5, 0.6) is 0 Å². The van der Waals surface area contributed by atoms with Gasteiger partial charge >= 0.3 is 23.0 Å². The van der Waals surface area contributed by atoms with E-state index in [0.717, 1.165) is 24.8 Å². The fourth-order valence-electron chi connectivity index (χ4n) is 2.14. The van der Waals surface area contributed by atoms with Crippen molar-refractivity contribution in [2.75, 3.05) is 0 Å². The number of carbonyl (C=O) groups is 2. The molecule has 2 rings (SSSR count). The van der Waals surface area contributed by atoms with Gasteiger partial charge < -0.3 is 9.90 Å². The summed E-state index contributed by atoms with van der Waals surface area (Å²) in [5, 5.41) is 8.43. The molecular weight excluding hydrogens is 320 g/mol. The quantitative estimate of drug-likeness (QED) is 0.587. The number of rotatable bonds is 6. The van der Waals surface area contributed by atoms with E-state index >= 15 is 0 Å². The Morgan fingerprint density at radius 3 is 2.32 bits per heavy atom. The van der Waals surface area contributed by atoms with Gasteiger partial charge in [-0.15, -0.1) is 18.4 Å². The maximum atomic E-state index is 11.5. The molecule has 0 bridgehead atoms. The maximum Gasteiger partial charge on any atom is 2.00 e. The van der Waals surface area contributed by atoms with Crippen LogP contribution in [-0.2, 0) is 26.7 Å². The van der Waals surface area contributed by atoms with Crippen LogP contribution in [0.3, 0.4) is 0 Å². The molecule has 2 aliphatic carbocycles. The van der Waals surface area contributed by atoms with E-state index in [9.17, 15) is 9.59 Å². The van der Waals surface area contributed by atoms with Gasteiger partial charge in [0.15, 0.2) is 0 Å². The number of carboxylic acids is 1. The summed E-state index contributed by atoms with van der Waals surface area (Å²) >= 11 is 0. The SMILES string of the molecule is CCC1=[C-]CC=C1.CCC1=[C-]CC=C1C(=O)CCC(=O)O.[Fe+2]. The van der Waals surface area contributed by atoms with E-state index in [1.54, 1.807) is 0 Å². The minimum Gasteiger partial charge on any atom is -0.481 e. The Morgan fingerprint density at radius 2 is 1.86 bits per heavy atom. The minimum absolute atomic E-state index is 0. The van der Waals surface area contributed by atoms with Crippen molar-refractivity contribution < 1.29 is 31.8 Å². The monoisotopic (exact) mass is 342 g/mol. The third-order valence-corrected chi connectivity index (χ3v) is 3.31. The van der Waals surface area contributed by atoms with Crippen LogP contribution in [-0.4, -0.2) is 16.9 Å². The summed E-state index contributed by atoms with van der Waals surface area (Å²) in [7, 11) is 0. The van der Waals surface area contributed by atoms with Gasteiger partial charge in [0.2, 0.25) is 0 Å². The van der Waals surface area contributed by atoms with Crippen molar-refractivity contribution in [2.45, 2.75) is 52.4 Å². The first-order valence-corrected chi connectivity index (χ1v) is 7.39. The molecule has 3 nitrogen and oxygen atoms in total. The molecule has 0 unspecified atom stereocenters. The zero-order valence-electron chi connectivity index (χ0n) is 13.1. The number of aliphatic carboxylic acids is 1. The van der Waals surface area contributed by atoms with Crippen LogP contribution in [0.1, 0.15) is 52.4 Å². The molecule has 0 saturated carbocycles. The predicted molar refractivity (Wildman–Crippen MR) is 82.4 cm³/mol. The van der Waals surface area contributed by atoms with Gasteiger partial charge in [-0.3, -0.25) is 16.9 Å². The molecule has 0 fully saturated rings. The first-order chi connectivity index (χ1) is 10.1. The molecule has 1 N–H and O–H groups in total. The third-order valence-electron chi connectivity index (χ3n) is 3.31. The van der Waals surface area contributed by atoms with Crippen molar-refractivity contribution >= 4 is 11.8 Å². The normalized spacial score (nSPS) is 15.1. The first kappa shape index (κ1) is 20.6. The topological polar surface area (TPSA) is 54.4 Å². The molecule has 0 saturated heterocycles. The second kappa shape index (κ2) is 11.2. The number of hydrogen-bond acceptors (Lipinski definition) is 2. The van der Waals surface area contributed by atoms with Gasteiger partial charge in [-0.1, -0.05) is 26.7 Å². The Morgan fingerprint density at radius 1 is 1.14 bits per heavy atom. The van der Waals surface area contributed by atoms with E-state index in [4.69, 9.17) is 5.11 Å². The zero-order valence-corrected chi connectivity index (χ0v) is 14.2. The molecule has 2 aliphatic rings. The summed E-state index contributed by atoms with van der Waals surface area (Å²) in [6.45, 7) is 4.12. The van der Waals surface area contributed by atoms with Crippen molar-refractivity contribution in [3.8, 4) is 0 Å².